The number of benzene rings is 2. The van der Waals surface area contributed by atoms with E-state index in [4.69, 9.17) is 9.47 Å². The molecule has 9 nitrogen and oxygen atoms in total. The van der Waals surface area contributed by atoms with Crippen LogP contribution >= 0.6 is 0 Å². The summed E-state index contributed by atoms with van der Waals surface area (Å²) in [5, 5.41) is 5.87. The molecule has 2 N–H and O–H groups in total. The van der Waals surface area contributed by atoms with Gasteiger partial charge in [-0.25, -0.2) is 9.59 Å². The summed E-state index contributed by atoms with van der Waals surface area (Å²) in [5.41, 5.74) is 1.74. The van der Waals surface area contributed by atoms with Gasteiger partial charge in [-0.1, -0.05) is 113 Å². The first-order valence-electron chi connectivity index (χ1n) is 18.8. The van der Waals surface area contributed by atoms with Gasteiger partial charge in [0.2, 0.25) is 11.8 Å². The second kappa shape index (κ2) is 20.2. The number of hydrogen-bond donors (Lipinski definition) is 2. The maximum absolute atomic E-state index is 14.9. The Bertz CT molecular complexity index is 1410. The van der Waals surface area contributed by atoms with Crippen molar-refractivity contribution in [2.45, 2.75) is 157 Å². The largest absolute Gasteiger partial charge is 0.458 e. The molecule has 0 saturated carbocycles. The molecular weight excluding hydrogens is 642 g/mol. The van der Waals surface area contributed by atoms with E-state index < -0.39 is 47.3 Å². The van der Waals surface area contributed by atoms with Gasteiger partial charge < -0.3 is 25.0 Å². The molecule has 0 saturated heterocycles. The molecule has 51 heavy (non-hydrogen) atoms. The fraction of sp³-hybridized carbons (Fsp3) is 0.619. The predicted molar refractivity (Wildman–Crippen MR) is 204 cm³/mol. The average Bonchev–Trinajstić information content (AvgIpc) is 3.04. The third kappa shape index (κ3) is 15.1. The number of alkyl carbamates (subject to hydrolysis) is 1. The smallest absolute Gasteiger partial charge is 0.408 e. The Morgan fingerprint density at radius 3 is 1.98 bits per heavy atom. The fourth-order valence-corrected chi connectivity index (χ4v) is 5.90. The van der Waals surface area contributed by atoms with Crippen LogP contribution in [-0.2, 0) is 30.3 Å². The van der Waals surface area contributed by atoms with Crippen LogP contribution in [0.3, 0.4) is 0 Å². The van der Waals surface area contributed by atoms with Crippen molar-refractivity contribution in [3.05, 3.63) is 70.8 Å². The number of esters is 1. The first-order chi connectivity index (χ1) is 23.9. The van der Waals surface area contributed by atoms with Crippen LogP contribution in [0.15, 0.2) is 48.5 Å². The van der Waals surface area contributed by atoms with Gasteiger partial charge in [0.1, 0.15) is 29.3 Å². The molecule has 2 aromatic rings. The number of nitrogens with zero attached hydrogens (tertiary/aromatic N) is 1. The molecule has 0 aliphatic carbocycles. The Kier molecular flexibility index (Phi) is 17.2. The SMILES string of the molecule is CCCCCCCCN(C(=O)C(NC(=O)OC(C)(C)C)C(C)CC)C(C(=O)NC(Cc1ccccc1)C(=O)OC(C)(C)C)c1cc(C)ccc1C. The van der Waals surface area contributed by atoms with Crippen molar-refractivity contribution in [3.8, 4) is 0 Å². The highest BCUT2D eigenvalue weighted by Crippen LogP contribution is 2.29. The topological polar surface area (TPSA) is 114 Å². The lowest BCUT2D eigenvalue weighted by Crippen LogP contribution is -2.56. The molecule has 0 heterocycles. The molecule has 4 atom stereocenters. The lowest BCUT2D eigenvalue weighted by Gasteiger charge is -2.37. The highest BCUT2D eigenvalue weighted by molar-refractivity contribution is 5.94. The molecule has 0 spiro atoms. The van der Waals surface area contributed by atoms with Crippen molar-refractivity contribution in [2.75, 3.05) is 6.54 Å². The summed E-state index contributed by atoms with van der Waals surface area (Å²) in [7, 11) is 0. The molecule has 0 fully saturated rings. The first kappa shape index (κ1) is 43.3. The molecule has 2 rings (SSSR count). The summed E-state index contributed by atoms with van der Waals surface area (Å²) in [5.74, 6) is -1.68. The molecule has 3 amide bonds. The zero-order valence-corrected chi connectivity index (χ0v) is 33.2. The molecule has 0 aliphatic rings. The highest BCUT2D eigenvalue weighted by atomic mass is 16.6. The van der Waals surface area contributed by atoms with Crippen LogP contribution in [0.5, 0.6) is 0 Å². The van der Waals surface area contributed by atoms with E-state index in [-0.39, 0.29) is 24.8 Å². The standard InChI is InChI=1S/C42H65N3O6/c1-12-14-15-16-17-21-26-45(38(47)35(30(4)13-2)44-40(49)51-42(9,10)11)36(33-27-29(3)24-25-31(33)5)37(46)43-34(39(48)50-41(6,7)8)28-32-22-19-18-20-23-32/h18-20,22-25,27,30,34-36H,12-17,21,26,28H2,1-11H3,(H,43,46)(H,44,49). The number of nitrogens with one attached hydrogen (secondary N) is 2. The van der Waals surface area contributed by atoms with E-state index in [9.17, 15) is 19.2 Å². The Morgan fingerprint density at radius 1 is 0.784 bits per heavy atom. The minimum Gasteiger partial charge on any atom is -0.458 e. The van der Waals surface area contributed by atoms with E-state index in [2.05, 4.69) is 17.6 Å². The molecule has 284 valence electrons. The van der Waals surface area contributed by atoms with Gasteiger partial charge >= 0.3 is 12.1 Å². The second-order valence-corrected chi connectivity index (χ2v) is 15.9. The van der Waals surface area contributed by atoms with Gasteiger partial charge in [0.05, 0.1) is 0 Å². The molecule has 2 aromatic carbocycles. The molecule has 0 bridgehead atoms. The summed E-state index contributed by atoms with van der Waals surface area (Å²) in [4.78, 5) is 58.2. The third-order valence-electron chi connectivity index (χ3n) is 8.77. The first-order valence-corrected chi connectivity index (χ1v) is 18.8. The zero-order valence-electron chi connectivity index (χ0n) is 33.2. The van der Waals surface area contributed by atoms with Crippen LogP contribution in [0.4, 0.5) is 4.79 Å². The molecule has 0 radical (unpaired) electrons. The second-order valence-electron chi connectivity index (χ2n) is 15.9. The van der Waals surface area contributed by atoms with E-state index >= 15 is 0 Å². The average molecular weight is 708 g/mol. The number of rotatable bonds is 18. The molecule has 9 heteroatoms. The van der Waals surface area contributed by atoms with Crippen molar-refractivity contribution in [1.29, 1.82) is 0 Å². The van der Waals surface area contributed by atoms with Gasteiger partial charge in [-0.2, -0.15) is 0 Å². The lowest BCUT2D eigenvalue weighted by molar-refractivity contribution is -0.159. The molecular formula is C42H65N3O6. The van der Waals surface area contributed by atoms with Crippen LogP contribution in [0.25, 0.3) is 0 Å². The fourth-order valence-electron chi connectivity index (χ4n) is 5.90. The highest BCUT2D eigenvalue weighted by Gasteiger charge is 2.40. The van der Waals surface area contributed by atoms with Gasteiger partial charge in [-0.3, -0.25) is 9.59 Å². The van der Waals surface area contributed by atoms with Crippen LogP contribution in [0, 0.1) is 19.8 Å². The van der Waals surface area contributed by atoms with E-state index in [1.54, 1.807) is 46.4 Å². The quantitative estimate of drug-likeness (QED) is 0.119. The van der Waals surface area contributed by atoms with E-state index in [0.717, 1.165) is 48.8 Å². The number of amides is 3. The number of aryl methyl sites for hydroxylation is 2. The van der Waals surface area contributed by atoms with Crippen LogP contribution < -0.4 is 10.6 Å². The van der Waals surface area contributed by atoms with Crippen molar-refractivity contribution in [3.63, 3.8) is 0 Å². The number of unbranched alkanes of at least 4 members (excludes halogenated alkanes) is 5. The summed E-state index contributed by atoms with van der Waals surface area (Å²) in [6.07, 6.45) is 6.04. The molecule has 0 aromatic heterocycles. The number of carbonyl (C=O) groups excluding carboxylic acids is 4. The Morgan fingerprint density at radius 2 is 1.39 bits per heavy atom. The molecule has 4 unspecified atom stereocenters. The lowest BCUT2D eigenvalue weighted by atomic mass is 9.93. The monoisotopic (exact) mass is 707 g/mol. The van der Waals surface area contributed by atoms with E-state index in [1.807, 2.05) is 76.2 Å². The van der Waals surface area contributed by atoms with Crippen LogP contribution in [-0.4, -0.2) is 58.6 Å². The van der Waals surface area contributed by atoms with Gasteiger partial charge in [-0.15, -0.1) is 0 Å². The number of hydrogen-bond acceptors (Lipinski definition) is 6. The van der Waals surface area contributed by atoms with Crippen LogP contribution in [0.1, 0.15) is 136 Å². The van der Waals surface area contributed by atoms with Crippen molar-refractivity contribution in [2.24, 2.45) is 5.92 Å². The van der Waals surface area contributed by atoms with Crippen molar-refractivity contribution >= 4 is 23.9 Å². The summed E-state index contributed by atoms with van der Waals surface area (Å²) >= 11 is 0. The summed E-state index contributed by atoms with van der Waals surface area (Å²) in [6.45, 7) is 20.9. The zero-order chi connectivity index (χ0) is 38.4. The van der Waals surface area contributed by atoms with E-state index in [0.29, 0.717) is 18.4 Å². The maximum atomic E-state index is 14.9. The van der Waals surface area contributed by atoms with Crippen molar-refractivity contribution < 1.29 is 28.7 Å². The van der Waals surface area contributed by atoms with Gasteiger partial charge in [0, 0.05) is 13.0 Å². The minimum absolute atomic E-state index is 0.210. The Labute approximate surface area is 307 Å². The Balaban J connectivity index is 2.70. The third-order valence-corrected chi connectivity index (χ3v) is 8.77. The van der Waals surface area contributed by atoms with Crippen LogP contribution in [0.2, 0.25) is 0 Å². The number of ether oxygens (including phenoxy) is 2. The van der Waals surface area contributed by atoms with E-state index in [1.165, 1.54) is 0 Å². The molecule has 0 aliphatic heterocycles. The van der Waals surface area contributed by atoms with Crippen molar-refractivity contribution in [1.82, 2.24) is 15.5 Å². The van der Waals surface area contributed by atoms with Gasteiger partial charge in [0.25, 0.3) is 0 Å². The minimum atomic E-state index is -1.08. The number of carbonyl (C=O) groups is 4. The Hall–Kier alpha value is -3.88. The van der Waals surface area contributed by atoms with Gasteiger partial charge in [-0.05, 0) is 84.4 Å². The normalized spacial score (nSPS) is 14.1. The summed E-state index contributed by atoms with van der Waals surface area (Å²) in [6, 6.07) is 12.3. The predicted octanol–water partition coefficient (Wildman–Crippen LogP) is 8.54. The summed E-state index contributed by atoms with van der Waals surface area (Å²) < 4.78 is 11.4. The van der Waals surface area contributed by atoms with Gasteiger partial charge in [0.15, 0.2) is 0 Å². The maximum Gasteiger partial charge on any atom is 0.408 e.